The average molecular weight is 472 g/mol. The van der Waals surface area contributed by atoms with Crippen molar-refractivity contribution in [2.45, 2.75) is 11.0 Å². The van der Waals surface area contributed by atoms with Gasteiger partial charge in [-0.2, -0.15) is 0 Å². The predicted molar refractivity (Wildman–Crippen MR) is 118 cm³/mol. The number of rotatable bonds is 7. The van der Waals surface area contributed by atoms with Gasteiger partial charge in [-0.3, -0.25) is 9.52 Å². The third-order valence-corrected chi connectivity index (χ3v) is 6.27. The Balaban J connectivity index is 1.43. The molecule has 0 saturated heterocycles. The van der Waals surface area contributed by atoms with E-state index in [1.165, 1.54) is 60.7 Å². The van der Waals surface area contributed by atoms with Crippen molar-refractivity contribution in [3.63, 3.8) is 0 Å². The molecular weight excluding hydrogens is 451 g/mol. The van der Waals surface area contributed by atoms with Crippen LogP contribution in [0.25, 0.3) is 0 Å². The Morgan fingerprint density at radius 1 is 1.00 bits per heavy atom. The summed E-state index contributed by atoms with van der Waals surface area (Å²) in [7, 11) is -3.95. The van der Waals surface area contributed by atoms with Crippen molar-refractivity contribution in [3.8, 4) is 11.5 Å². The number of aliphatic hydroxyl groups is 1. The molecule has 172 valence electrons. The Kier molecular flexibility index (Phi) is 6.47. The van der Waals surface area contributed by atoms with Gasteiger partial charge >= 0.3 is 0 Å². The highest BCUT2D eigenvalue weighted by molar-refractivity contribution is 7.92. The van der Waals surface area contributed by atoms with E-state index >= 15 is 0 Å². The predicted octanol–water partition coefficient (Wildman–Crippen LogP) is 2.86. The van der Waals surface area contributed by atoms with Gasteiger partial charge in [0.1, 0.15) is 19.0 Å². The first-order valence-corrected chi connectivity index (χ1v) is 11.5. The van der Waals surface area contributed by atoms with Crippen molar-refractivity contribution >= 4 is 21.6 Å². The number of sulfonamides is 1. The lowest BCUT2D eigenvalue weighted by atomic mass is 10.1. The van der Waals surface area contributed by atoms with Crippen molar-refractivity contribution in [3.05, 3.63) is 83.7 Å². The molecule has 33 heavy (non-hydrogen) atoms. The maximum Gasteiger partial charge on any atom is 0.262 e. The molecule has 3 aromatic rings. The molecule has 8 nitrogen and oxygen atoms in total. The molecule has 0 aliphatic carbocycles. The van der Waals surface area contributed by atoms with E-state index in [-0.39, 0.29) is 22.7 Å². The molecule has 1 aliphatic heterocycles. The van der Waals surface area contributed by atoms with Gasteiger partial charge in [-0.05, 0) is 48.0 Å². The second-order valence-corrected chi connectivity index (χ2v) is 8.95. The quantitative estimate of drug-likeness (QED) is 0.487. The molecule has 3 aromatic carbocycles. The second kappa shape index (κ2) is 9.47. The Morgan fingerprint density at radius 2 is 1.76 bits per heavy atom. The zero-order chi connectivity index (χ0) is 23.4. The smallest absolute Gasteiger partial charge is 0.262 e. The summed E-state index contributed by atoms with van der Waals surface area (Å²) in [5.74, 6) is -0.199. The second-order valence-electron chi connectivity index (χ2n) is 7.27. The van der Waals surface area contributed by atoms with Gasteiger partial charge in [0.2, 0.25) is 0 Å². The fraction of sp³-hybridized carbons (Fsp3) is 0.174. The number of anilines is 1. The van der Waals surface area contributed by atoms with Crippen LogP contribution in [-0.2, 0) is 10.0 Å². The lowest BCUT2D eigenvalue weighted by Gasteiger charge is -2.19. The Hall–Kier alpha value is -3.63. The van der Waals surface area contributed by atoms with E-state index in [1.807, 2.05) is 0 Å². The van der Waals surface area contributed by atoms with E-state index in [2.05, 4.69) is 10.0 Å². The molecule has 0 aromatic heterocycles. The van der Waals surface area contributed by atoms with Gasteiger partial charge in [0, 0.05) is 23.9 Å². The molecule has 1 amide bonds. The van der Waals surface area contributed by atoms with Gasteiger partial charge in [0.15, 0.2) is 11.5 Å². The summed E-state index contributed by atoms with van der Waals surface area (Å²) >= 11 is 0. The van der Waals surface area contributed by atoms with E-state index in [0.717, 1.165) is 0 Å². The van der Waals surface area contributed by atoms with E-state index in [0.29, 0.717) is 30.3 Å². The molecule has 1 aliphatic rings. The summed E-state index contributed by atoms with van der Waals surface area (Å²) in [5, 5.41) is 12.7. The zero-order valence-electron chi connectivity index (χ0n) is 17.3. The number of hydrogen-bond donors (Lipinski definition) is 3. The number of nitrogens with one attached hydrogen (secondary N) is 2. The van der Waals surface area contributed by atoms with Crippen molar-refractivity contribution < 1.29 is 32.2 Å². The summed E-state index contributed by atoms with van der Waals surface area (Å²) < 4.78 is 52.2. The number of carbonyl (C=O) groups is 1. The zero-order valence-corrected chi connectivity index (χ0v) is 18.1. The third-order valence-electron chi connectivity index (χ3n) is 4.89. The van der Waals surface area contributed by atoms with E-state index in [4.69, 9.17) is 9.47 Å². The monoisotopic (exact) mass is 472 g/mol. The van der Waals surface area contributed by atoms with Crippen molar-refractivity contribution in [1.29, 1.82) is 0 Å². The fourth-order valence-corrected chi connectivity index (χ4v) is 4.32. The van der Waals surface area contributed by atoms with E-state index in [9.17, 15) is 22.7 Å². The standard InChI is InChI=1S/C23H21FN2O6S/c24-17-5-1-3-15(11-17)20(27)14-25-23(28)16-4-2-6-18(12-16)26-33(29,30)19-7-8-21-22(13-19)32-10-9-31-21/h1-8,11-13,20,26-27H,9-10,14H2,(H,25,28). The Labute approximate surface area is 190 Å². The number of aliphatic hydroxyl groups excluding tert-OH is 1. The Morgan fingerprint density at radius 3 is 2.55 bits per heavy atom. The fourth-order valence-electron chi connectivity index (χ4n) is 3.25. The number of ether oxygens (including phenoxy) is 2. The van der Waals surface area contributed by atoms with Crippen LogP contribution < -0.4 is 19.5 Å². The van der Waals surface area contributed by atoms with E-state index in [1.54, 1.807) is 6.07 Å². The summed E-state index contributed by atoms with van der Waals surface area (Å²) in [6.07, 6.45) is -1.10. The highest BCUT2D eigenvalue weighted by atomic mass is 32.2. The molecule has 4 rings (SSSR count). The molecule has 1 unspecified atom stereocenters. The SMILES string of the molecule is O=C(NCC(O)c1cccc(F)c1)c1cccc(NS(=O)(=O)c2ccc3c(c2)OCCO3)c1. The van der Waals surface area contributed by atoms with E-state index < -0.39 is 27.9 Å². The van der Waals surface area contributed by atoms with Crippen LogP contribution in [0.3, 0.4) is 0 Å². The minimum Gasteiger partial charge on any atom is -0.486 e. The topological polar surface area (TPSA) is 114 Å². The molecule has 1 atom stereocenters. The summed E-state index contributed by atoms with van der Waals surface area (Å²) in [5.41, 5.74) is 0.697. The highest BCUT2D eigenvalue weighted by Gasteiger charge is 2.20. The maximum atomic E-state index is 13.3. The van der Waals surface area contributed by atoms with Gasteiger partial charge in [-0.25, -0.2) is 12.8 Å². The molecule has 3 N–H and O–H groups in total. The molecule has 0 fully saturated rings. The van der Waals surface area contributed by atoms with Crippen LogP contribution in [0.2, 0.25) is 0 Å². The van der Waals surface area contributed by atoms with Gasteiger partial charge in [0.05, 0.1) is 11.0 Å². The van der Waals surface area contributed by atoms with Crippen molar-refractivity contribution in [2.24, 2.45) is 0 Å². The van der Waals surface area contributed by atoms with Gasteiger partial charge in [0.25, 0.3) is 15.9 Å². The summed E-state index contributed by atoms with van der Waals surface area (Å²) in [6, 6.07) is 15.7. The van der Waals surface area contributed by atoms with Gasteiger partial charge < -0.3 is 19.9 Å². The number of hydrogen-bond acceptors (Lipinski definition) is 6. The first-order chi connectivity index (χ1) is 15.8. The third kappa shape index (κ3) is 5.41. The molecule has 10 heteroatoms. The van der Waals surface area contributed by atoms with Crippen LogP contribution in [0.4, 0.5) is 10.1 Å². The molecule has 0 saturated carbocycles. The van der Waals surface area contributed by atoms with Crippen molar-refractivity contribution in [1.82, 2.24) is 5.32 Å². The number of halogens is 1. The number of fused-ring (bicyclic) bond motifs is 1. The summed E-state index contributed by atoms with van der Waals surface area (Å²) in [4.78, 5) is 12.5. The first-order valence-electron chi connectivity index (χ1n) is 10.1. The van der Waals surface area contributed by atoms with Crippen LogP contribution in [-0.4, -0.2) is 39.2 Å². The highest BCUT2D eigenvalue weighted by Crippen LogP contribution is 2.32. The largest absolute Gasteiger partial charge is 0.486 e. The first kappa shape index (κ1) is 22.6. The molecule has 0 radical (unpaired) electrons. The maximum absolute atomic E-state index is 13.3. The lowest BCUT2D eigenvalue weighted by molar-refractivity contribution is 0.0916. The Bertz CT molecular complexity index is 1280. The minimum atomic E-state index is -3.95. The van der Waals surface area contributed by atoms with Crippen LogP contribution in [0, 0.1) is 5.82 Å². The number of carbonyl (C=O) groups excluding carboxylic acids is 1. The molecule has 0 bridgehead atoms. The van der Waals surface area contributed by atoms with Crippen LogP contribution >= 0.6 is 0 Å². The lowest BCUT2D eigenvalue weighted by Crippen LogP contribution is -2.28. The minimum absolute atomic E-state index is 0.0141. The number of benzene rings is 3. The van der Waals surface area contributed by atoms with Crippen LogP contribution in [0.15, 0.2) is 71.6 Å². The molecule has 1 heterocycles. The van der Waals surface area contributed by atoms with Gasteiger partial charge in [-0.1, -0.05) is 18.2 Å². The van der Waals surface area contributed by atoms with Crippen LogP contribution in [0.5, 0.6) is 11.5 Å². The van der Waals surface area contributed by atoms with Crippen molar-refractivity contribution in [2.75, 3.05) is 24.5 Å². The van der Waals surface area contributed by atoms with Crippen LogP contribution in [0.1, 0.15) is 22.0 Å². The summed E-state index contributed by atoms with van der Waals surface area (Å²) in [6.45, 7) is 0.579. The normalized spacial score (nSPS) is 13.8. The number of amides is 1. The molecule has 0 spiro atoms. The van der Waals surface area contributed by atoms with Gasteiger partial charge in [-0.15, -0.1) is 0 Å². The molecular formula is C23H21FN2O6S. The average Bonchev–Trinajstić information content (AvgIpc) is 2.82.